The first-order chi connectivity index (χ1) is 5.59. The van der Waals surface area contributed by atoms with Crippen LogP contribution in [0.5, 0.6) is 0 Å². The van der Waals surface area contributed by atoms with Gasteiger partial charge in [-0.15, -0.1) is 11.3 Å². The van der Waals surface area contributed by atoms with E-state index in [1.807, 2.05) is 19.1 Å². The van der Waals surface area contributed by atoms with Gasteiger partial charge in [-0.2, -0.15) is 0 Å². The summed E-state index contributed by atoms with van der Waals surface area (Å²) in [6.45, 7) is 7.80. The third-order valence-electron chi connectivity index (χ3n) is 1.40. The quantitative estimate of drug-likeness (QED) is 0.564. The van der Waals surface area contributed by atoms with Gasteiger partial charge in [-0.1, -0.05) is 18.2 Å². The molecule has 0 radical (unpaired) electrons. The molecule has 12 heavy (non-hydrogen) atoms. The largest absolute Gasteiger partial charge is 0.337 e. The molecule has 0 saturated heterocycles. The predicted octanol–water partition coefficient (Wildman–Crippen LogP) is 3.70. The van der Waals surface area contributed by atoms with Gasteiger partial charge >= 0.3 is 0 Å². The van der Waals surface area contributed by atoms with Crippen LogP contribution in [0.25, 0.3) is 6.08 Å². The maximum atomic E-state index is 5.01. The lowest BCUT2D eigenvalue weighted by Gasteiger charge is -1.88. The highest BCUT2D eigenvalue weighted by Crippen LogP contribution is 2.15. The number of H-pyrrole nitrogens is 1. The van der Waals surface area contributed by atoms with Crippen molar-refractivity contribution in [2.45, 2.75) is 13.8 Å². The molecule has 1 rings (SSSR count). The lowest BCUT2D eigenvalue weighted by Crippen LogP contribution is -1.73. The Labute approximate surface area is 81.5 Å². The van der Waals surface area contributed by atoms with E-state index in [0.717, 1.165) is 15.2 Å². The summed E-state index contributed by atoms with van der Waals surface area (Å²) in [5.41, 5.74) is 2.13. The fourth-order valence-electron chi connectivity index (χ4n) is 0.802. The van der Waals surface area contributed by atoms with Gasteiger partial charge < -0.3 is 4.98 Å². The Morgan fingerprint density at radius 1 is 1.67 bits per heavy atom. The van der Waals surface area contributed by atoms with E-state index in [1.54, 1.807) is 11.3 Å². The number of rotatable bonds is 2. The minimum Gasteiger partial charge on any atom is -0.337 e. The first kappa shape index (κ1) is 9.42. The van der Waals surface area contributed by atoms with Gasteiger partial charge in [0.25, 0.3) is 0 Å². The molecule has 0 fully saturated rings. The van der Waals surface area contributed by atoms with Gasteiger partial charge in [-0.05, 0) is 32.1 Å². The van der Waals surface area contributed by atoms with Gasteiger partial charge in [0.1, 0.15) is 0 Å². The van der Waals surface area contributed by atoms with Crippen LogP contribution in [0.1, 0.15) is 17.5 Å². The molecule has 0 aliphatic carbocycles. The molecule has 1 nitrogen and oxygen atoms in total. The monoisotopic (exact) mass is 197 g/mol. The fourth-order valence-corrected chi connectivity index (χ4v) is 1.96. The SMILES string of the molecule is C=C(C)/C=C\c1[nH]c(=S)sc1C. The molecule has 3 heteroatoms. The maximum absolute atomic E-state index is 5.01. The van der Waals surface area contributed by atoms with E-state index >= 15 is 0 Å². The van der Waals surface area contributed by atoms with Crippen LogP contribution in [-0.4, -0.2) is 4.98 Å². The van der Waals surface area contributed by atoms with Crippen molar-refractivity contribution in [3.63, 3.8) is 0 Å². The van der Waals surface area contributed by atoms with E-state index in [4.69, 9.17) is 12.2 Å². The molecule has 0 aromatic carbocycles. The second-order valence-electron chi connectivity index (χ2n) is 2.66. The van der Waals surface area contributed by atoms with Crippen molar-refractivity contribution >= 4 is 29.6 Å². The number of hydrogen-bond donors (Lipinski definition) is 1. The zero-order valence-electron chi connectivity index (χ0n) is 7.18. The van der Waals surface area contributed by atoms with E-state index < -0.39 is 0 Å². The fraction of sp³-hybridized carbons (Fsp3) is 0.222. The molecule has 0 saturated carbocycles. The van der Waals surface area contributed by atoms with Crippen molar-refractivity contribution < 1.29 is 0 Å². The molecule has 0 bridgehead atoms. The third-order valence-corrected chi connectivity index (χ3v) is 2.56. The van der Waals surface area contributed by atoms with E-state index in [2.05, 4.69) is 18.5 Å². The summed E-state index contributed by atoms with van der Waals surface area (Å²) in [5, 5.41) is 0. The van der Waals surface area contributed by atoms with Crippen molar-refractivity contribution in [3.05, 3.63) is 32.8 Å². The van der Waals surface area contributed by atoms with Crippen LogP contribution < -0.4 is 0 Å². The Kier molecular flexibility index (Phi) is 3.00. The van der Waals surface area contributed by atoms with Gasteiger partial charge in [0.05, 0.1) is 5.69 Å². The Hall–Kier alpha value is -0.670. The zero-order valence-corrected chi connectivity index (χ0v) is 8.81. The molecule has 64 valence electrons. The Balaban J connectivity index is 2.96. The smallest absolute Gasteiger partial charge is 0.159 e. The van der Waals surface area contributed by atoms with Crippen LogP contribution in [0.3, 0.4) is 0 Å². The normalized spacial score (nSPS) is 10.8. The molecule has 0 atom stereocenters. The van der Waals surface area contributed by atoms with Crippen molar-refractivity contribution in [3.8, 4) is 0 Å². The van der Waals surface area contributed by atoms with Crippen LogP contribution >= 0.6 is 23.6 Å². The van der Waals surface area contributed by atoms with Gasteiger partial charge in [0.2, 0.25) is 0 Å². The number of allylic oxidation sites excluding steroid dienone is 2. The lowest BCUT2D eigenvalue weighted by molar-refractivity contribution is 1.32. The second-order valence-corrected chi connectivity index (χ2v) is 4.56. The summed E-state index contributed by atoms with van der Waals surface area (Å²) in [7, 11) is 0. The highest BCUT2D eigenvalue weighted by atomic mass is 32.1. The molecule has 0 aliphatic heterocycles. The summed E-state index contributed by atoms with van der Waals surface area (Å²) >= 11 is 6.61. The van der Waals surface area contributed by atoms with E-state index in [9.17, 15) is 0 Å². The van der Waals surface area contributed by atoms with Crippen molar-refractivity contribution in [2.24, 2.45) is 0 Å². The molecule has 1 aromatic rings. The number of thiazole rings is 1. The zero-order chi connectivity index (χ0) is 9.14. The molecule has 0 unspecified atom stereocenters. The molecule has 0 amide bonds. The first-order valence-electron chi connectivity index (χ1n) is 3.63. The van der Waals surface area contributed by atoms with E-state index in [-0.39, 0.29) is 0 Å². The van der Waals surface area contributed by atoms with Crippen molar-refractivity contribution in [1.82, 2.24) is 4.98 Å². The predicted molar refractivity (Wildman–Crippen MR) is 58.1 cm³/mol. The Morgan fingerprint density at radius 3 is 2.75 bits per heavy atom. The second kappa shape index (κ2) is 3.83. The highest BCUT2D eigenvalue weighted by Gasteiger charge is 1.95. The number of hydrogen-bond acceptors (Lipinski definition) is 2. The summed E-state index contributed by atoms with van der Waals surface area (Å²) in [6.07, 6.45) is 3.98. The number of aryl methyl sites for hydroxylation is 1. The summed E-state index contributed by atoms with van der Waals surface area (Å²) in [6, 6.07) is 0. The summed E-state index contributed by atoms with van der Waals surface area (Å²) in [4.78, 5) is 4.32. The molecule has 1 aromatic heterocycles. The summed E-state index contributed by atoms with van der Waals surface area (Å²) < 4.78 is 0.828. The van der Waals surface area contributed by atoms with Gasteiger partial charge in [0, 0.05) is 4.88 Å². The molecular formula is C9H11NS2. The van der Waals surface area contributed by atoms with Gasteiger partial charge in [-0.3, -0.25) is 0 Å². The molecule has 0 aliphatic rings. The molecule has 0 spiro atoms. The standard InChI is InChI=1S/C9H11NS2/c1-6(2)4-5-8-7(3)12-9(11)10-8/h4-5H,1H2,2-3H3,(H,10,11)/b5-4-. The van der Waals surface area contributed by atoms with Crippen LogP contribution in [0.15, 0.2) is 18.2 Å². The Morgan fingerprint density at radius 2 is 2.33 bits per heavy atom. The molecular weight excluding hydrogens is 186 g/mol. The average molecular weight is 197 g/mol. The first-order valence-corrected chi connectivity index (χ1v) is 4.85. The third kappa shape index (κ3) is 2.43. The van der Waals surface area contributed by atoms with Crippen LogP contribution in [0.2, 0.25) is 0 Å². The number of nitrogens with one attached hydrogen (secondary N) is 1. The van der Waals surface area contributed by atoms with Crippen molar-refractivity contribution in [1.29, 1.82) is 0 Å². The van der Waals surface area contributed by atoms with Gasteiger partial charge in [0.15, 0.2) is 3.95 Å². The van der Waals surface area contributed by atoms with Crippen LogP contribution in [-0.2, 0) is 0 Å². The average Bonchev–Trinajstić information content (AvgIpc) is 2.26. The maximum Gasteiger partial charge on any atom is 0.159 e. The van der Waals surface area contributed by atoms with Gasteiger partial charge in [-0.25, -0.2) is 0 Å². The Bertz CT molecular complexity index is 368. The number of aromatic nitrogens is 1. The lowest BCUT2D eigenvalue weighted by atomic mass is 10.3. The minimum atomic E-state index is 0.828. The molecule has 1 N–H and O–H groups in total. The number of aromatic amines is 1. The highest BCUT2D eigenvalue weighted by molar-refractivity contribution is 7.73. The van der Waals surface area contributed by atoms with Crippen LogP contribution in [0.4, 0.5) is 0 Å². The van der Waals surface area contributed by atoms with Crippen LogP contribution in [0, 0.1) is 10.9 Å². The summed E-state index contributed by atoms with van der Waals surface area (Å²) in [5.74, 6) is 0. The van der Waals surface area contributed by atoms with E-state index in [0.29, 0.717) is 0 Å². The minimum absolute atomic E-state index is 0.828. The molecule has 1 heterocycles. The van der Waals surface area contributed by atoms with Crippen molar-refractivity contribution in [2.75, 3.05) is 0 Å². The van der Waals surface area contributed by atoms with E-state index in [1.165, 1.54) is 4.88 Å². The topological polar surface area (TPSA) is 15.8 Å².